The molecule has 2 aromatic rings. The van der Waals surface area contributed by atoms with Gasteiger partial charge in [-0.3, -0.25) is 4.98 Å². The Bertz CT molecular complexity index is 582. The van der Waals surface area contributed by atoms with E-state index in [4.69, 9.17) is 0 Å². The summed E-state index contributed by atoms with van der Waals surface area (Å²) in [5.41, 5.74) is 3.73. The van der Waals surface area contributed by atoms with Crippen LogP contribution >= 0.6 is 0 Å². The van der Waals surface area contributed by atoms with Crippen LogP contribution in [-0.2, 0) is 12.0 Å². The second-order valence-corrected chi connectivity index (χ2v) is 5.99. The maximum Gasteiger partial charge on any atom is 0.0952 e. The van der Waals surface area contributed by atoms with Gasteiger partial charge < -0.3 is 9.88 Å². The predicted octanol–water partition coefficient (Wildman–Crippen LogP) is 2.28. The summed E-state index contributed by atoms with van der Waals surface area (Å²) in [6.07, 6.45) is 6.30. The van der Waals surface area contributed by atoms with E-state index in [1.54, 1.807) is 0 Å². The Labute approximate surface area is 120 Å². The van der Waals surface area contributed by atoms with Gasteiger partial charge in [0.2, 0.25) is 0 Å². The highest BCUT2D eigenvalue weighted by Crippen LogP contribution is 2.32. The number of nitrogens with one attached hydrogen (secondary N) is 1. The van der Waals surface area contributed by atoms with E-state index in [1.807, 2.05) is 25.5 Å². The van der Waals surface area contributed by atoms with E-state index in [1.165, 1.54) is 18.5 Å². The van der Waals surface area contributed by atoms with E-state index in [2.05, 4.69) is 38.9 Å². The van der Waals surface area contributed by atoms with Crippen LogP contribution in [0.15, 0.2) is 30.7 Å². The molecule has 2 aromatic heterocycles. The van der Waals surface area contributed by atoms with Crippen molar-refractivity contribution in [3.63, 3.8) is 0 Å². The molecule has 0 aromatic carbocycles. The zero-order valence-electron chi connectivity index (χ0n) is 12.3. The zero-order chi connectivity index (χ0) is 14.0. The minimum atomic E-state index is 0.228. The van der Waals surface area contributed by atoms with Gasteiger partial charge in [-0.05, 0) is 45.0 Å². The van der Waals surface area contributed by atoms with Crippen LogP contribution in [0.2, 0.25) is 0 Å². The van der Waals surface area contributed by atoms with Crippen LogP contribution in [0.4, 0.5) is 0 Å². The molecular weight excluding hydrogens is 248 g/mol. The first-order chi connectivity index (χ1) is 9.67. The summed E-state index contributed by atoms with van der Waals surface area (Å²) in [5, 5.41) is 3.44. The van der Waals surface area contributed by atoms with E-state index < -0.39 is 0 Å². The first-order valence-corrected chi connectivity index (χ1v) is 7.31. The second-order valence-electron chi connectivity index (χ2n) is 5.99. The molecule has 1 aliphatic heterocycles. The summed E-state index contributed by atoms with van der Waals surface area (Å²) in [6, 6.07) is 6.19. The molecule has 0 aliphatic carbocycles. The summed E-state index contributed by atoms with van der Waals surface area (Å²) in [7, 11) is 0. The van der Waals surface area contributed by atoms with E-state index >= 15 is 0 Å². The summed E-state index contributed by atoms with van der Waals surface area (Å²) < 4.78 is 2.26. The van der Waals surface area contributed by atoms with Crippen molar-refractivity contribution >= 4 is 0 Å². The standard InChI is InChI=1S/C16H22N4/c1-13-4-3-5-14(19-13)11-20-12-18-10-15(20)16(2)6-8-17-9-7-16/h3-5,10,12,17H,6-9,11H2,1-2H3. The predicted molar refractivity (Wildman–Crippen MR) is 79.8 cm³/mol. The quantitative estimate of drug-likeness (QED) is 0.930. The third-order valence-electron chi connectivity index (χ3n) is 4.32. The molecule has 20 heavy (non-hydrogen) atoms. The van der Waals surface area contributed by atoms with Gasteiger partial charge in [0.15, 0.2) is 0 Å². The largest absolute Gasteiger partial charge is 0.328 e. The molecule has 0 atom stereocenters. The number of hydrogen-bond acceptors (Lipinski definition) is 3. The molecule has 0 radical (unpaired) electrons. The van der Waals surface area contributed by atoms with E-state index in [-0.39, 0.29) is 5.41 Å². The van der Waals surface area contributed by atoms with Crippen LogP contribution in [0.1, 0.15) is 36.8 Å². The molecule has 0 bridgehead atoms. The van der Waals surface area contributed by atoms with Gasteiger partial charge in [0, 0.05) is 23.0 Å². The number of rotatable bonds is 3. The number of piperidine rings is 1. The smallest absolute Gasteiger partial charge is 0.0952 e. The minimum absolute atomic E-state index is 0.228. The molecule has 3 heterocycles. The Morgan fingerprint density at radius 1 is 1.30 bits per heavy atom. The van der Waals surface area contributed by atoms with Gasteiger partial charge in [-0.2, -0.15) is 0 Å². The van der Waals surface area contributed by atoms with Crippen molar-refractivity contribution in [2.45, 2.75) is 38.6 Å². The van der Waals surface area contributed by atoms with Gasteiger partial charge in [0.1, 0.15) is 0 Å². The molecule has 0 unspecified atom stereocenters. The van der Waals surface area contributed by atoms with Gasteiger partial charge in [0.05, 0.1) is 18.6 Å². The number of nitrogens with zero attached hydrogens (tertiary/aromatic N) is 3. The van der Waals surface area contributed by atoms with E-state index in [0.717, 1.165) is 31.0 Å². The molecule has 4 nitrogen and oxygen atoms in total. The molecule has 4 heteroatoms. The average Bonchev–Trinajstić information content (AvgIpc) is 2.88. The lowest BCUT2D eigenvalue weighted by Gasteiger charge is -2.34. The topological polar surface area (TPSA) is 42.7 Å². The molecule has 0 saturated carbocycles. The Hall–Kier alpha value is -1.68. The SMILES string of the molecule is Cc1cccc(Cn2cncc2C2(C)CCNCC2)n1. The summed E-state index contributed by atoms with van der Waals surface area (Å²) in [6.45, 7) is 7.37. The zero-order valence-corrected chi connectivity index (χ0v) is 12.3. The van der Waals surface area contributed by atoms with Crippen molar-refractivity contribution < 1.29 is 0 Å². The third kappa shape index (κ3) is 2.61. The fourth-order valence-corrected chi connectivity index (χ4v) is 3.05. The molecule has 0 amide bonds. The summed E-state index contributed by atoms with van der Waals surface area (Å²) >= 11 is 0. The van der Waals surface area contributed by atoms with Crippen molar-refractivity contribution in [2.24, 2.45) is 0 Å². The highest BCUT2D eigenvalue weighted by atomic mass is 15.1. The van der Waals surface area contributed by atoms with E-state index in [9.17, 15) is 0 Å². The highest BCUT2D eigenvalue weighted by molar-refractivity contribution is 5.18. The minimum Gasteiger partial charge on any atom is -0.328 e. The lowest BCUT2D eigenvalue weighted by molar-refractivity contribution is 0.318. The van der Waals surface area contributed by atoms with Gasteiger partial charge in [-0.15, -0.1) is 0 Å². The fourth-order valence-electron chi connectivity index (χ4n) is 3.05. The monoisotopic (exact) mass is 270 g/mol. The van der Waals surface area contributed by atoms with Crippen LogP contribution in [0, 0.1) is 6.92 Å². The van der Waals surface area contributed by atoms with Gasteiger partial charge >= 0.3 is 0 Å². The van der Waals surface area contributed by atoms with Crippen LogP contribution in [-0.4, -0.2) is 27.6 Å². The van der Waals surface area contributed by atoms with Crippen molar-refractivity contribution in [3.05, 3.63) is 47.8 Å². The summed E-state index contributed by atoms with van der Waals surface area (Å²) in [4.78, 5) is 8.97. The highest BCUT2D eigenvalue weighted by Gasteiger charge is 2.31. The van der Waals surface area contributed by atoms with Crippen molar-refractivity contribution in [2.75, 3.05) is 13.1 Å². The Balaban J connectivity index is 1.86. The van der Waals surface area contributed by atoms with Gasteiger partial charge in [0.25, 0.3) is 0 Å². The fraction of sp³-hybridized carbons (Fsp3) is 0.500. The number of hydrogen-bond donors (Lipinski definition) is 1. The maximum absolute atomic E-state index is 4.60. The maximum atomic E-state index is 4.60. The molecule has 1 aliphatic rings. The Morgan fingerprint density at radius 2 is 2.10 bits per heavy atom. The number of aryl methyl sites for hydroxylation is 1. The normalized spacial score (nSPS) is 18.1. The van der Waals surface area contributed by atoms with Crippen LogP contribution in [0.25, 0.3) is 0 Å². The molecule has 3 rings (SSSR count). The molecule has 1 fully saturated rings. The van der Waals surface area contributed by atoms with Crippen LogP contribution < -0.4 is 5.32 Å². The van der Waals surface area contributed by atoms with Crippen molar-refractivity contribution in [1.29, 1.82) is 0 Å². The van der Waals surface area contributed by atoms with E-state index in [0.29, 0.717) is 0 Å². The first kappa shape index (κ1) is 13.3. The first-order valence-electron chi connectivity index (χ1n) is 7.31. The third-order valence-corrected chi connectivity index (χ3v) is 4.32. The lowest BCUT2D eigenvalue weighted by atomic mass is 9.78. The average molecular weight is 270 g/mol. The Kier molecular flexibility index (Phi) is 3.57. The molecule has 1 saturated heterocycles. The molecule has 0 spiro atoms. The van der Waals surface area contributed by atoms with Crippen molar-refractivity contribution in [1.82, 2.24) is 19.9 Å². The second kappa shape index (κ2) is 5.37. The Morgan fingerprint density at radius 3 is 2.85 bits per heavy atom. The molecule has 1 N–H and O–H groups in total. The van der Waals surface area contributed by atoms with Crippen molar-refractivity contribution in [3.8, 4) is 0 Å². The number of pyridine rings is 1. The number of imidazole rings is 1. The lowest BCUT2D eigenvalue weighted by Crippen LogP contribution is -2.39. The van der Waals surface area contributed by atoms with Gasteiger partial charge in [-0.25, -0.2) is 4.98 Å². The van der Waals surface area contributed by atoms with Gasteiger partial charge in [-0.1, -0.05) is 13.0 Å². The van der Waals surface area contributed by atoms with Crippen LogP contribution in [0.5, 0.6) is 0 Å². The number of aromatic nitrogens is 3. The molecule has 106 valence electrons. The van der Waals surface area contributed by atoms with Crippen LogP contribution in [0.3, 0.4) is 0 Å². The summed E-state index contributed by atoms with van der Waals surface area (Å²) in [5.74, 6) is 0. The molecular formula is C16H22N4.